The Labute approximate surface area is 101 Å². The molecule has 0 aliphatic rings. The van der Waals surface area contributed by atoms with Crippen LogP contribution in [0.25, 0.3) is 0 Å². The Morgan fingerprint density at radius 2 is 2.11 bits per heavy atom. The van der Waals surface area contributed by atoms with Gasteiger partial charge in [-0.05, 0) is 12.1 Å². The lowest BCUT2D eigenvalue weighted by Gasteiger charge is -2.17. The van der Waals surface area contributed by atoms with Crippen molar-refractivity contribution in [2.45, 2.75) is 12.6 Å². The Morgan fingerprint density at radius 3 is 2.56 bits per heavy atom. The van der Waals surface area contributed by atoms with Crippen LogP contribution < -0.4 is 11.3 Å². The summed E-state index contributed by atoms with van der Waals surface area (Å²) in [5.41, 5.74) is 2.18. The van der Waals surface area contributed by atoms with Gasteiger partial charge in [-0.25, -0.2) is 5.84 Å². The van der Waals surface area contributed by atoms with E-state index in [0.29, 0.717) is 0 Å². The molecule has 0 saturated carbocycles. The summed E-state index contributed by atoms with van der Waals surface area (Å²) >= 11 is 0. The molecule has 0 bridgehead atoms. The molecule has 0 aromatic carbocycles. The van der Waals surface area contributed by atoms with Crippen molar-refractivity contribution < 1.29 is 18.0 Å². The highest BCUT2D eigenvalue weighted by atomic mass is 19.4. The van der Waals surface area contributed by atoms with Crippen LogP contribution in [-0.4, -0.2) is 40.8 Å². The molecule has 0 atom stereocenters. The summed E-state index contributed by atoms with van der Waals surface area (Å²) in [6.07, 6.45) is -5.36. The molecule has 1 aromatic heterocycles. The minimum absolute atomic E-state index is 0.0429. The molecule has 0 spiro atoms. The molecule has 0 unspecified atom stereocenters. The number of anilines is 1. The van der Waals surface area contributed by atoms with Gasteiger partial charge in [0.25, 0.3) is 5.91 Å². The molecule has 0 fully saturated rings. The lowest BCUT2D eigenvalue weighted by Crippen LogP contribution is -2.31. The number of hydrogen-bond acceptors (Lipinski definition) is 5. The first-order valence-corrected chi connectivity index (χ1v) is 4.96. The Hall–Kier alpha value is -1.90. The van der Waals surface area contributed by atoms with Gasteiger partial charge in [-0.15, -0.1) is 10.2 Å². The van der Waals surface area contributed by atoms with Crippen molar-refractivity contribution >= 4 is 11.7 Å². The van der Waals surface area contributed by atoms with Gasteiger partial charge in [0.2, 0.25) is 0 Å². The third-order valence-electron chi connectivity index (χ3n) is 2.11. The van der Waals surface area contributed by atoms with E-state index in [1.165, 1.54) is 19.2 Å². The second-order valence-electron chi connectivity index (χ2n) is 3.54. The molecular formula is C9H12F3N5O. The Bertz CT molecular complexity index is 406. The maximum absolute atomic E-state index is 12.0. The summed E-state index contributed by atoms with van der Waals surface area (Å²) < 4.78 is 36.0. The maximum Gasteiger partial charge on any atom is 0.390 e. The molecular weight excluding hydrogens is 251 g/mol. The van der Waals surface area contributed by atoms with Crippen molar-refractivity contribution in [3.63, 3.8) is 0 Å². The number of carbonyl (C=O) groups excluding carboxylic acids is 1. The number of hydrazine groups is 1. The van der Waals surface area contributed by atoms with Gasteiger partial charge >= 0.3 is 6.18 Å². The van der Waals surface area contributed by atoms with Crippen LogP contribution in [0.5, 0.6) is 0 Å². The molecule has 9 heteroatoms. The van der Waals surface area contributed by atoms with Crippen LogP contribution in [0.15, 0.2) is 12.1 Å². The Kier molecular flexibility index (Phi) is 4.43. The standard InChI is InChI=1S/C9H12F3N5O/c1-17(5-4-9(10,11)12)8(18)6-2-3-7(14-13)16-15-6/h2-3H,4-5,13H2,1H3,(H,14,16). The second-order valence-corrected chi connectivity index (χ2v) is 3.54. The average Bonchev–Trinajstić information content (AvgIpc) is 2.34. The highest BCUT2D eigenvalue weighted by Gasteiger charge is 2.28. The molecule has 1 amide bonds. The summed E-state index contributed by atoms with van der Waals surface area (Å²) in [6.45, 7) is -0.430. The number of aromatic nitrogens is 2. The van der Waals surface area contributed by atoms with E-state index in [9.17, 15) is 18.0 Å². The average molecular weight is 263 g/mol. The van der Waals surface area contributed by atoms with Crippen LogP contribution in [0.2, 0.25) is 0 Å². The van der Waals surface area contributed by atoms with Crippen LogP contribution in [0.1, 0.15) is 16.9 Å². The number of halogens is 3. The minimum Gasteiger partial charge on any atom is -0.340 e. The van der Waals surface area contributed by atoms with Gasteiger partial charge in [-0.3, -0.25) is 4.79 Å². The highest BCUT2D eigenvalue weighted by molar-refractivity contribution is 5.92. The lowest BCUT2D eigenvalue weighted by molar-refractivity contribution is -0.136. The highest BCUT2D eigenvalue weighted by Crippen LogP contribution is 2.19. The first-order valence-electron chi connectivity index (χ1n) is 4.96. The topological polar surface area (TPSA) is 84.1 Å². The number of rotatable bonds is 4. The zero-order chi connectivity index (χ0) is 13.8. The van der Waals surface area contributed by atoms with Crippen molar-refractivity contribution in [2.75, 3.05) is 19.0 Å². The predicted molar refractivity (Wildman–Crippen MR) is 57.5 cm³/mol. The summed E-state index contributed by atoms with van der Waals surface area (Å²) in [6, 6.07) is 2.73. The van der Waals surface area contributed by atoms with E-state index in [4.69, 9.17) is 5.84 Å². The van der Waals surface area contributed by atoms with E-state index in [1.807, 2.05) is 0 Å². The lowest BCUT2D eigenvalue weighted by atomic mass is 10.3. The summed E-state index contributed by atoms with van der Waals surface area (Å²) in [7, 11) is 1.27. The number of carbonyl (C=O) groups is 1. The third kappa shape index (κ3) is 4.17. The molecule has 0 aliphatic carbocycles. The molecule has 0 aliphatic heterocycles. The van der Waals surface area contributed by atoms with E-state index in [2.05, 4.69) is 15.6 Å². The van der Waals surface area contributed by atoms with Gasteiger partial charge in [-0.1, -0.05) is 0 Å². The summed E-state index contributed by atoms with van der Waals surface area (Å²) in [5.74, 6) is 4.68. The maximum atomic E-state index is 12.0. The zero-order valence-electron chi connectivity index (χ0n) is 9.53. The quantitative estimate of drug-likeness (QED) is 0.619. The first kappa shape index (κ1) is 14.2. The Balaban J connectivity index is 2.62. The Morgan fingerprint density at radius 1 is 1.44 bits per heavy atom. The number of nitrogen functional groups attached to an aromatic ring is 1. The van der Waals surface area contributed by atoms with E-state index in [1.54, 1.807) is 0 Å². The van der Waals surface area contributed by atoms with E-state index >= 15 is 0 Å². The van der Waals surface area contributed by atoms with Crippen molar-refractivity contribution in [1.29, 1.82) is 0 Å². The van der Waals surface area contributed by atoms with Crippen molar-refractivity contribution in [2.24, 2.45) is 5.84 Å². The molecule has 18 heavy (non-hydrogen) atoms. The van der Waals surface area contributed by atoms with Gasteiger partial charge in [0, 0.05) is 13.6 Å². The summed E-state index contributed by atoms with van der Waals surface area (Å²) in [4.78, 5) is 12.6. The van der Waals surface area contributed by atoms with Crippen molar-refractivity contribution in [1.82, 2.24) is 15.1 Å². The molecule has 0 saturated heterocycles. The third-order valence-corrected chi connectivity index (χ3v) is 2.11. The minimum atomic E-state index is -4.30. The van der Waals surface area contributed by atoms with Gasteiger partial charge in [0.05, 0.1) is 6.42 Å². The number of nitrogens with one attached hydrogen (secondary N) is 1. The van der Waals surface area contributed by atoms with Gasteiger partial charge < -0.3 is 10.3 Å². The molecule has 1 rings (SSSR count). The molecule has 1 aromatic rings. The normalized spacial score (nSPS) is 11.2. The van der Waals surface area contributed by atoms with Crippen LogP contribution >= 0.6 is 0 Å². The second kappa shape index (κ2) is 5.63. The largest absolute Gasteiger partial charge is 0.390 e. The van der Waals surface area contributed by atoms with Crippen LogP contribution in [0.3, 0.4) is 0 Å². The van der Waals surface area contributed by atoms with Crippen LogP contribution in [-0.2, 0) is 0 Å². The molecule has 1 heterocycles. The smallest absolute Gasteiger partial charge is 0.340 e. The fourth-order valence-corrected chi connectivity index (χ4v) is 1.11. The van der Waals surface area contributed by atoms with E-state index in [-0.39, 0.29) is 11.5 Å². The van der Waals surface area contributed by atoms with Crippen LogP contribution in [0.4, 0.5) is 19.0 Å². The fraction of sp³-hybridized carbons (Fsp3) is 0.444. The first-order chi connectivity index (χ1) is 8.33. The number of alkyl halides is 3. The van der Waals surface area contributed by atoms with Gasteiger partial charge in [-0.2, -0.15) is 13.2 Å². The molecule has 3 N–H and O–H groups in total. The number of nitrogens with two attached hydrogens (primary N) is 1. The van der Waals surface area contributed by atoms with Crippen molar-refractivity contribution in [3.05, 3.63) is 17.8 Å². The predicted octanol–water partition coefficient (Wildman–Crippen LogP) is 0.787. The van der Waals surface area contributed by atoms with Gasteiger partial charge in [0.1, 0.15) is 0 Å². The molecule has 0 radical (unpaired) electrons. The molecule has 6 nitrogen and oxygen atoms in total. The van der Waals surface area contributed by atoms with Crippen LogP contribution in [0, 0.1) is 0 Å². The zero-order valence-corrected chi connectivity index (χ0v) is 9.53. The number of hydrogen-bond donors (Lipinski definition) is 2. The van der Waals surface area contributed by atoms with E-state index < -0.39 is 25.0 Å². The SMILES string of the molecule is CN(CCC(F)(F)F)C(=O)c1ccc(NN)nn1. The summed E-state index contributed by atoms with van der Waals surface area (Å²) in [5, 5.41) is 7.10. The van der Waals surface area contributed by atoms with Gasteiger partial charge in [0.15, 0.2) is 11.5 Å². The number of amides is 1. The fourth-order valence-electron chi connectivity index (χ4n) is 1.11. The van der Waals surface area contributed by atoms with Crippen molar-refractivity contribution in [3.8, 4) is 0 Å². The van der Waals surface area contributed by atoms with E-state index in [0.717, 1.165) is 4.90 Å². The monoisotopic (exact) mass is 263 g/mol. The number of nitrogens with zero attached hydrogens (tertiary/aromatic N) is 3. The molecule has 100 valence electrons.